The third kappa shape index (κ3) is 6.68. The van der Waals surface area contributed by atoms with Crippen LogP contribution in [0.3, 0.4) is 0 Å². The van der Waals surface area contributed by atoms with Crippen LogP contribution in [0.15, 0.2) is 0 Å². The Morgan fingerprint density at radius 2 is 2.00 bits per heavy atom. The minimum Gasteiger partial charge on any atom is -0.316 e. The van der Waals surface area contributed by atoms with Gasteiger partial charge in [0.2, 0.25) is 0 Å². The fraction of sp³-hybridized carbons (Fsp3) is 1.00. The van der Waals surface area contributed by atoms with Gasteiger partial charge in [0.1, 0.15) is 9.84 Å². The van der Waals surface area contributed by atoms with Crippen LogP contribution in [-0.2, 0) is 9.84 Å². The van der Waals surface area contributed by atoms with Gasteiger partial charge in [-0.3, -0.25) is 0 Å². The SMILES string of the molecule is CCC(NC)C(C)SCCS(C)(=O)=O. The Labute approximate surface area is 92.0 Å². The minimum atomic E-state index is -2.80. The lowest BCUT2D eigenvalue weighted by Crippen LogP contribution is -2.33. The number of hydrogen-bond acceptors (Lipinski definition) is 4. The van der Waals surface area contributed by atoms with Crippen molar-refractivity contribution < 1.29 is 8.42 Å². The fourth-order valence-corrected chi connectivity index (χ4v) is 3.80. The zero-order valence-electron chi connectivity index (χ0n) is 9.41. The van der Waals surface area contributed by atoms with Gasteiger partial charge in [-0.25, -0.2) is 8.42 Å². The van der Waals surface area contributed by atoms with E-state index in [0.29, 0.717) is 17.0 Å². The average molecular weight is 239 g/mol. The van der Waals surface area contributed by atoms with Crippen LogP contribution in [-0.4, -0.2) is 44.5 Å². The summed E-state index contributed by atoms with van der Waals surface area (Å²) in [6, 6.07) is 0.472. The Bertz CT molecular complexity index is 235. The molecule has 0 spiro atoms. The van der Waals surface area contributed by atoms with Gasteiger partial charge in [0.25, 0.3) is 0 Å². The monoisotopic (exact) mass is 239 g/mol. The number of rotatable bonds is 7. The maximum Gasteiger partial charge on any atom is 0.148 e. The van der Waals surface area contributed by atoms with Crippen molar-refractivity contribution in [3.05, 3.63) is 0 Å². The first-order valence-electron chi connectivity index (χ1n) is 4.87. The normalized spacial score (nSPS) is 16.6. The summed E-state index contributed by atoms with van der Waals surface area (Å²) >= 11 is 1.72. The van der Waals surface area contributed by atoms with E-state index >= 15 is 0 Å². The van der Waals surface area contributed by atoms with E-state index in [4.69, 9.17) is 0 Å². The summed E-state index contributed by atoms with van der Waals surface area (Å²) in [5.74, 6) is 0.973. The van der Waals surface area contributed by atoms with E-state index < -0.39 is 9.84 Å². The highest BCUT2D eigenvalue weighted by Gasteiger charge is 2.14. The molecule has 86 valence electrons. The molecule has 0 aromatic rings. The van der Waals surface area contributed by atoms with E-state index in [1.165, 1.54) is 6.26 Å². The molecule has 1 N–H and O–H groups in total. The van der Waals surface area contributed by atoms with Crippen LogP contribution in [0.4, 0.5) is 0 Å². The van der Waals surface area contributed by atoms with Gasteiger partial charge in [0.05, 0.1) is 5.75 Å². The molecule has 5 heteroatoms. The molecule has 0 saturated carbocycles. The molecule has 0 fully saturated rings. The molecule has 0 amide bonds. The summed E-state index contributed by atoms with van der Waals surface area (Å²) in [5.41, 5.74) is 0. The second-order valence-electron chi connectivity index (χ2n) is 3.51. The molecule has 0 aliphatic heterocycles. The maximum absolute atomic E-state index is 10.9. The predicted octanol–water partition coefficient (Wildman–Crippen LogP) is 1.15. The van der Waals surface area contributed by atoms with Crippen molar-refractivity contribution in [3.63, 3.8) is 0 Å². The Hall–Kier alpha value is 0.260. The smallest absolute Gasteiger partial charge is 0.148 e. The van der Waals surface area contributed by atoms with Crippen molar-refractivity contribution >= 4 is 21.6 Å². The summed E-state index contributed by atoms with van der Waals surface area (Å²) in [6.45, 7) is 4.27. The average Bonchev–Trinajstić information content (AvgIpc) is 2.04. The molecule has 2 unspecified atom stereocenters. The molecule has 0 rings (SSSR count). The van der Waals surface area contributed by atoms with Crippen molar-refractivity contribution in [2.24, 2.45) is 0 Å². The lowest BCUT2D eigenvalue weighted by Gasteiger charge is -2.21. The molecule has 0 radical (unpaired) electrons. The quantitative estimate of drug-likeness (QED) is 0.724. The summed E-state index contributed by atoms with van der Waals surface area (Å²) in [7, 11) is -0.854. The third-order valence-electron chi connectivity index (χ3n) is 2.21. The fourth-order valence-electron chi connectivity index (χ4n) is 1.27. The minimum absolute atomic E-state index is 0.280. The van der Waals surface area contributed by atoms with Gasteiger partial charge in [0.15, 0.2) is 0 Å². The van der Waals surface area contributed by atoms with Crippen LogP contribution in [0.2, 0.25) is 0 Å². The summed E-state index contributed by atoms with van der Waals surface area (Å²) < 4.78 is 21.8. The Morgan fingerprint density at radius 1 is 1.43 bits per heavy atom. The largest absolute Gasteiger partial charge is 0.316 e. The van der Waals surface area contributed by atoms with Gasteiger partial charge in [-0.05, 0) is 13.5 Å². The molecule has 0 heterocycles. The molecule has 3 nitrogen and oxygen atoms in total. The van der Waals surface area contributed by atoms with Crippen LogP contribution in [0.25, 0.3) is 0 Å². The van der Waals surface area contributed by atoms with Gasteiger partial charge < -0.3 is 5.32 Å². The van der Waals surface area contributed by atoms with Crippen LogP contribution in [0.5, 0.6) is 0 Å². The van der Waals surface area contributed by atoms with E-state index in [-0.39, 0.29) is 5.75 Å². The molecule has 0 bridgehead atoms. The van der Waals surface area contributed by atoms with Crippen LogP contribution in [0, 0.1) is 0 Å². The van der Waals surface area contributed by atoms with Gasteiger partial charge in [-0.15, -0.1) is 0 Å². The Morgan fingerprint density at radius 3 is 2.36 bits per heavy atom. The zero-order chi connectivity index (χ0) is 11.2. The first kappa shape index (κ1) is 14.3. The summed E-state index contributed by atoms with van der Waals surface area (Å²) in [4.78, 5) is 0. The van der Waals surface area contributed by atoms with Crippen molar-refractivity contribution in [2.75, 3.05) is 24.8 Å². The second-order valence-corrected chi connectivity index (χ2v) is 7.25. The summed E-state index contributed by atoms with van der Waals surface area (Å²) in [5, 5.41) is 3.69. The Kier molecular flexibility index (Phi) is 6.81. The molecule has 0 aromatic carbocycles. The summed E-state index contributed by atoms with van der Waals surface area (Å²) in [6.07, 6.45) is 2.36. The van der Waals surface area contributed by atoms with Gasteiger partial charge in [0, 0.05) is 23.3 Å². The highest BCUT2D eigenvalue weighted by Crippen LogP contribution is 2.16. The highest BCUT2D eigenvalue weighted by molar-refractivity contribution is 8.01. The van der Waals surface area contributed by atoms with Gasteiger partial charge in [-0.1, -0.05) is 13.8 Å². The standard InChI is InChI=1S/C9H21NO2S2/c1-5-9(10-3)8(2)13-6-7-14(4,11)12/h8-10H,5-7H2,1-4H3. The molecule has 0 saturated heterocycles. The molecular weight excluding hydrogens is 218 g/mol. The number of nitrogens with one attached hydrogen (secondary N) is 1. The number of thioether (sulfide) groups is 1. The van der Waals surface area contributed by atoms with Crippen LogP contribution >= 0.6 is 11.8 Å². The van der Waals surface area contributed by atoms with Crippen molar-refractivity contribution in [1.29, 1.82) is 0 Å². The molecule has 0 aliphatic carbocycles. The van der Waals surface area contributed by atoms with Crippen molar-refractivity contribution in [3.8, 4) is 0 Å². The van der Waals surface area contributed by atoms with E-state index in [0.717, 1.165) is 6.42 Å². The number of sulfone groups is 1. The number of hydrogen-bond donors (Lipinski definition) is 1. The third-order valence-corrected chi connectivity index (χ3v) is 4.71. The first-order valence-corrected chi connectivity index (χ1v) is 7.98. The van der Waals surface area contributed by atoms with E-state index in [9.17, 15) is 8.42 Å². The highest BCUT2D eigenvalue weighted by atomic mass is 32.2. The van der Waals surface area contributed by atoms with E-state index in [1.807, 2.05) is 7.05 Å². The van der Waals surface area contributed by atoms with E-state index in [1.54, 1.807) is 11.8 Å². The van der Waals surface area contributed by atoms with Crippen molar-refractivity contribution in [2.45, 2.75) is 31.6 Å². The van der Waals surface area contributed by atoms with Gasteiger partial charge in [-0.2, -0.15) is 11.8 Å². The Balaban J connectivity index is 3.78. The lowest BCUT2D eigenvalue weighted by atomic mass is 10.2. The van der Waals surface area contributed by atoms with Gasteiger partial charge >= 0.3 is 0 Å². The molecule has 0 aromatic heterocycles. The van der Waals surface area contributed by atoms with Crippen molar-refractivity contribution in [1.82, 2.24) is 5.32 Å². The molecule has 14 heavy (non-hydrogen) atoms. The molecule has 0 aliphatic rings. The lowest BCUT2D eigenvalue weighted by molar-refractivity contribution is 0.541. The molecular formula is C9H21NO2S2. The maximum atomic E-state index is 10.9. The zero-order valence-corrected chi connectivity index (χ0v) is 11.0. The molecule has 2 atom stereocenters. The van der Waals surface area contributed by atoms with Crippen LogP contribution < -0.4 is 5.32 Å². The first-order chi connectivity index (χ1) is 6.40. The predicted molar refractivity (Wildman–Crippen MR) is 64.8 cm³/mol. The topological polar surface area (TPSA) is 46.2 Å². The van der Waals surface area contributed by atoms with Crippen LogP contribution in [0.1, 0.15) is 20.3 Å². The van der Waals surface area contributed by atoms with E-state index in [2.05, 4.69) is 19.2 Å². The second kappa shape index (κ2) is 6.69.